The highest BCUT2D eigenvalue weighted by Crippen LogP contribution is 2.55. The van der Waals surface area contributed by atoms with E-state index in [2.05, 4.69) is 5.32 Å². The van der Waals surface area contributed by atoms with E-state index < -0.39 is 64.3 Å². The highest BCUT2D eigenvalue weighted by Gasteiger charge is 2.66. The molecule has 200 valence electrons. The average molecular weight is 514 g/mol. The topological polar surface area (TPSA) is 173 Å². The van der Waals surface area contributed by atoms with Crippen LogP contribution in [0.2, 0.25) is 0 Å². The van der Waals surface area contributed by atoms with Crippen molar-refractivity contribution in [3.8, 4) is 5.75 Å². The molecule has 0 saturated heterocycles. The van der Waals surface area contributed by atoms with Gasteiger partial charge < -0.3 is 31.5 Å². The normalized spacial score (nSPS) is 31.8. The van der Waals surface area contributed by atoms with Crippen LogP contribution in [0, 0.1) is 17.3 Å². The number of aromatic hydroxyl groups is 1. The fourth-order valence-corrected chi connectivity index (χ4v) is 6.20. The maximum absolute atomic E-state index is 14.0. The van der Waals surface area contributed by atoms with Crippen molar-refractivity contribution in [1.82, 2.24) is 10.2 Å². The molecule has 2 unspecified atom stereocenters. The lowest BCUT2D eigenvalue weighted by molar-refractivity contribution is -0.156. The summed E-state index contributed by atoms with van der Waals surface area (Å²) in [5.74, 6) is -6.67. The SMILES string of the molecule is C[C@H]1c2cccc(O)c2C(=O)C2=C(NCC(C)(C)C)[C@]3(O)C(=O)C(C(N)=O)=C(O)[C@@H](N(C)C)C3[C@@H](O)C21. The number of nitrogens with two attached hydrogens (primary N) is 1. The van der Waals surface area contributed by atoms with Crippen LogP contribution in [0.3, 0.4) is 0 Å². The summed E-state index contributed by atoms with van der Waals surface area (Å²) in [6.45, 7) is 7.77. The molecule has 7 N–H and O–H groups in total. The first-order chi connectivity index (χ1) is 17.1. The predicted molar refractivity (Wildman–Crippen MR) is 135 cm³/mol. The molecule has 6 atom stereocenters. The predicted octanol–water partition coefficient (Wildman–Crippen LogP) is 0.730. The van der Waals surface area contributed by atoms with Crippen LogP contribution in [0.4, 0.5) is 0 Å². The zero-order valence-electron chi connectivity index (χ0n) is 21.9. The number of primary amides is 1. The number of hydrogen-bond donors (Lipinski definition) is 6. The minimum absolute atomic E-state index is 0.0338. The number of carbonyl (C=O) groups is 3. The van der Waals surface area contributed by atoms with E-state index in [1.165, 1.54) is 11.0 Å². The van der Waals surface area contributed by atoms with E-state index in [9.17, 15) is 34.8 Å². The third-order valence-electron chi connectivity index (χ3n) is 7.83. The summed E-state index contributed by atoms with van der Waals surface area (Å²) in [4.78, 5) is 41.6. The number of ketones is 2. The fraction of sp³-hybridized carbons (Fsp3) is 0.519. The van der Waals surface area contributed by atoms with Gasteiger partial charge in [0.05, 0.1) is 29.3 Å². The first kappa shape index (κ1) is 26.8. The van der Waals surface area contributed by atoms with Crippen molar-refractivity contribution in [3.63, 3.8) is 0 Å². The number of carbonyl (C=O) groups excluding carboxylic acids is 3. The molecule has 0 bridgehead atoms. The Bertz CT molecular complexity index is 1260. The minimum atomic E-state index is -2.58. The summed E-state index contributed by atoms with van der Waals surface area (Å²) in [7, 11) is 3.15. The smallest absolute Gasteiger partial charge is 0.255 e. The number of nitrogens with zero attached hydrogens (tertiary/aromatic N) is 1. The Morgan fingerprint density at radius 1 is 1.19 bits per heavy atom. The summed E-state index contributed by atoms with van der Waals surface area (Å²) in [6, 6.07) is 3.52. The van der Waals surface area contributed by atoms with Gasteiger partial charge in [0.25, 0.3) is 5.91 Å². The van der Waals surface area contributed by atoms with E-state index in [-0.39, 0.29) is 34.5 Å². The van der Waals surface area contributed by atoms with Gasteiger partial charge in [0, 0.05) is 18.0 Å². The van der Waals surface area contributed by atoms with Gasteiger partial charge in [-0.05, 0) is 37.1 Å². The van der Waals surface area contributed by atoms with Crippen molar-refractivity contribution in [3.05, 3.63) is 51.9 Å². The quantitative estimate of drug-likeness (QED) is 0.317. The Hall–Kier alpha value is -3.21. The summed E-state index contributed by atoms with van der Waals surface area (Å²) in [5, 5.41) is 48.8. The van der Waals surface area contributed by atoms with Gasteiger partial charge in [-0.1, -0.05) is 39.8 Å². The van der Waals surface area contributed by atoms with Crippen molar-refractivity contribution in [2.75, 3.05) is 20.6 Å². The van der Waals surface area contributed by atoms with E-state index in [1.54, 1.807) is 33.2 Å². The van der Waals surface area contributed by atoms with Crippen LogP contribution in [-0.2, 0) is 9.59 Å². The largest absolute Gasteiger partial charge is 0.510 e. The maximum Gasteiger partial charge on any atom is 0.255 e. The molecule has 0 aliphatic heterocycles. The molecule has 0 saturated carbocycles. The second-order valence-corrected chi connectivity index (χ2v) is 11.7. The lowest BCUT2D eigenvalue weighted by atomic mass is 9.54. The van der Waals surface area contributed by atoms with Crippen LogP contribution in [-0.4, -0.2) is 81.2 Å². The molecule has 1 aromatic carbocycles. The van der Waals surface area contributed by atoms with Gasteiger partial charge in [-0.2, -0.15) is 0 Å². The zero-order chi connectivity index (χ0) is 27.8. The van der Waals surface area contributed by atoms with Crippen molar-refractivity contribution in [2.45, 2.75) is 51.4 Å². The van der Waals surface area contributed by atoms with E-state index in [0.717, 1.165) is 0 Å². The monoisotopic (exact) mass is 513 g/mol. The van der Waals surface area contributed by atoms with Crippen LogP contribution >= 0.6 is 0 Å². The third kappa shape index (κ3) is 3.77. The highest BCUT2D eigenvalue weighted by molar-refractivity contribution is 6.25. The number of Topliss-reactive ketones (excluding diaryl/α,β-unsaturated/α-hetero) is 2. The number of rotatable bonds is 4. The van der Waals surface area contributed by atoms with Crippen molar-refractivity contribution in [2.24, 2.45) is 23.0 Å². The number of nitrogens with one attached hydrogen (secondary N) is 1. The van der Waals surface area contributed by atoms with Crippen LogP contribution < -0.4 is 11.1 Å². The highest BCUT2D eigenvalue weighted by atomic mass is 16.3. The maximum atomic E-state index is 14.0. The lowest BCUT2D eigenvalue weighted by Crippen LogP contribution is -2.70. The molecule has 3 aliphatic rings. The Labute approximate surface area is 215 Å². The second kappa shape index (κ2) is 8.68. The molecule has 1 aromatic rings. The minimum Gasteiger partial charge on any atom is -0.510 e. The van der Waals surface area contributed by atoms with E-state index >= 15 is 0 Å². The number of hydrogen-bond acceptors (Lipinski definition) is 9. The molecular weight excluding hydrogens is 478 g/mol. The molecule has 0 radical (unpaired) electrons. The van der Waals surface area contributed by atoms with Crippen LogP contribution in [0.25, 0.3) is 0 Å². The molecule has 0 fully saturated rings. The van der Waals surface area contributed by atoms with Gasteiger partial charge >= 0.3 is 0 Å². The molecule has 3 aliphatic carbocycles. The number of likely N-dealkylation sites (N-methyl/N-ethyl adjacent to an activating group) is 1. The third-order valence-corrected chi connectivity index (χ3v) is 7.83. The lowest BCUT2D eigenvalue weighted by Gasteiger charge is -2.55. The van der Waals surface area contributed by atoms with E-state index in [1.807, 2.05) is 20.8 Å². The first-order valence-electron chi connectivity index (χ1n) is 12.2. The molecule has 10 nitrogen and oxygen atoms in total. The van der Waals surface area contributed by atoms with Crippen LogP contribution in [0.5, 0.6) is 5.75 Å². The number of phenols is 1. The van der Waals surface area contributed by atoms with Crippen molar-refractivity contribution >= 4 is 17.5 Å². The summed E-state index contributed by atoms with van der Waals surface area (Å²) < 4.78 is 0. The molecule has 0 spiro atoms. The van der Waals surface area contributed by atoms with Gasteiger partial charge in [0.15, 0.2) is 11.4 Å². The number of aliphatic hydroxyl groups excluding tert-OH is 2. The van der Waals surface area contributed by atoms with Gasteiger partial charge in [0.1, 0.15) is 17.1 Å². The number of phenolic OH excluding ortho intramolecular Hbond substituents is 1. The van der Waals surface area contributed by atoms with Gasteiger partial charge in [-0.15, -0.1) is 0 Å². The second-order valence-electron chi connectivity index (χ2n) is 11.7. The number of benzene rings is 1. The van der Waals surface area contributed by atoms with Gasteiger partial charge in [0.2, 0.25) is 5.78 Å². The Kier molecular flexibility index (Phi) is 6.30. The molecule has 37 heavy (non-hydrogen) atoms. The Morgan fingerprint density at radius 2 is 1.81 bits per heavy atom. The van der Waals surface area contributed by atoms with Gasteiger partial charge in [-0.25, -0.2) is 0 Å². The molecule has 0 aromatic heterocycles. The van der Waals surface area contributed by atoms with Gasteiger partial charge in [-0.3, -0.25) is 19.3 Å². The number of aliphatic hydroxyl groups is 3. The summed E-state index contributed by atoms with van der Waals surface area (Å²) in [6.07, 6.45) is -1.48. The van der Waals surface area contributed by atoms with Crippen molar-refractivity contribution in [1.29, 1.82) is 0 Å². The summed E-state index contributed by atoms with van der Waals surface area (Å²) in [5.41, 5.74) is 2.13. The zero-order valence-corrected chi connectivity index (χ0v) is 21.9. The Balaban J connectivity index is 2.10. The van der Waals surface area contributed by atoms with Crippen LogP contribution in [0.1, 0.15) is 49.5 Å². The van der Waals surface area contributed by atoms with Crippen molar-refractivity contribution < 1.29 is 34.8 Å². The van der Waals surface area contributed by atoms with Crippen LogP contribution in [0.15, 0.2) is 40.8 Å². The average Bonchev–Trinajstić information content (AvgIpc) is 2.77. The molecule has 1 amide bonds. The van der Waals surface area contributed by atoms with E-state index in [0.29, 0.717) is 5.56 Å². The molecule has 10 heteroatoms. The number of amides is 1. The molecular formula is C27H35N3O7. The van der Waals surface area contributed by atoms with E-state index in [4.69, 9.17) is 5.73 Å². The first-order valence-corrected chi connectivity index (χ1v) is 12.2. The Morgan fingerprint density at radius 3 is 2.35 bits per heavy atom. The number of fused-ring (bicyclic) bond motifs is 3. The standard InChI is InChI=1S/C27H35N3O7/c1-11-12-8-7-9-13(31)15(12)20(32)16-14(11)21(33)18-19(30(5)6)22(34)17(25(28)36)24(35)27(18,37)23(16)29-10-26(2,3)4/h7-9,11,14,18-19,21,29,31,33-34,37H,10H2,1-6H3,(H2,28,36)/t11-,14?,18?,19-,21-,27-/m0/s1. The summed E-state index contributed by atoms with van der Waals surface area (Å²) >= 11 is 0. The molecule has 0 heterocycles. The fourth-order valence-electron chi connectivity index (χ4n) is 6.20. The molecule has 4 rings (SSSR count).